The minimum atomic E-state index is -0.541. The van der Waals surface area contributed by atoms with Gasteiger partial charge in [-0.25, -0.2) is 4.79 Å². The third kappa shape index (κ3) is 4.54. The molecule has 2 rings (SSSR count). The number of pyridine rings is 1. The van der Waals surface area contributed by atoms with Crippen molar-refractivity contribution in [2.24, 2.45) is 0 Å². The van der Waals surface area contributed by atoms with Gasteiger partial charge in [-0.2, -0.15) is 4.98 Å². The van der Waals surface area contributed by atoms with Gasteiger partial charge in [0.15, 0.2) is 0 Å². The van der Waals surface area contributed by atoms with Crippen molar-refractivity contribution in [1.82, 2.24) is 4.98 Å². The van der Waals surface area contributed by atoms with Crippen molar-refractivity contribution in [3.8, 4) is 23.3 Å². The summed E-state index contributed by atoms with van der Waals surface area (Å²) >= 11 is 6.21. The maximum absolute atomic E-state index is 12.4. The average molecular weight is 366 g/mol. The van der Waals surface area contributed by atoms with Gasteiger partial charge >= 0.3 is 5.97 Å². The molecule has 0 saturated heterocycles. The highest BCUT2D eigenvalue weighted by atomic mass is 35.5. The molecule has 7 heteroatoms. The fourth-order valence-electron chi connectivity index (χ4n) is 2.09. The number of halogens is 1. The van der Waals surface area contributed by atoms with Crippen molar-refractivity contribution in [3.05, 3.63) is 40.4 Å². The first-order chi connectivity index (χ1) is 12.0. The van der Waals surface area contributed by atoms with Crippen LogP contribution >= 0.6 is 11.6 Å². The van der Waals surface area contributed by atoms with E-state index in [-0.39, 0.29) is 22.2 Å². The summed E-state index contributed by atoms with van der Waals surface area (Å²) in [6.45, 7) is 4.02. The van der Waals surface area contributed by atoms with Crippen LogP contribution in [-0.2, 0) is 4.74 Å². The molecule has 0 amide bonds. The van der Waals surface area contributed by atoms with Gasteiger partial charge in [0.2, 0.25) is 11.8 Å². The quantitative estimate of drug-likeness (QED) is 0.676. The van der Waals surface area contributed by atoms with E-state index in [0.29, 0.717) is 24.7 Å². The van der Waals surface area contributed by atoms with Crippen LogP contribution in [0.15, 0.2) is 24.3 Å². The minimum absolute atomic E-state index is 0.165. The van der Waals surface area contributed by atoms with Crippen LogP contribution in [0.1, 0.15) is 29.3 Å². The van der Waals surface area contributed by atoms with E-state index in [0.717, 1.165) is 5.56 Å². The molecule has 6 nitrogen and oxygen atoms in total. The molecule has 1 aromatic heterocycles. The molecule has 0 saturated carbocycles. The lowest BCUT2D eigenvalue weighted by Gasteiger charge is -2.15. The van der Waals surface area contributed by atoms with Crippen LogP contribution in [0.5, 0.6) is 23.3 Å². The highest BCUT2D eigenvalue weighted by molar-refractivity contribution is 6.34. The Morgan fingerprint density at radius 3 is 2.52 bits per heavy atom. The Balaban J connectivity index is 2.45. The Morgan fingerprint density at radius 1 is 1.16 bits per heavy atom. The predicted octanol–water partition coefficient (Wildman–Crippen LogP) is 4.42. The third-order valence-electron chi connectivity index (χ3n) is 3.35. The number of carbonyl (C=O) groups is 1. The van der Waals surface area contributed by atoms with Gasteiger partial charge in [-0.15, -0.1) is 0 Å². The van der Waals surface area contributed by atoms with Crippen molar-refractivity contribution in [2.45, 2.75) is 20.3 Å². The van der Waals surface area contributed by atoms with Crippen LogP contribution in [0, 0.1) is 6.92 Å². The number of methoxy groups -OCH3 is 2. The molecular weight excluding hydrogens is 346 g/mol. The lowest BCUT2D eigenvalue weighted by Crippen LogP contribution is -2.09. The van der Waals surface area contributed by atoms with E-state index in [1.165, 1.54) is 14.2 Å². The molecule has 2 aromatic rings. The van der Waals surface area contributed by atoms with E-state index in [2.05, 4.69) is 4.98 Å². The number of nitrogens with zero attached hydrogens (tertiary/aromatic N) is 1. The summed E-state index contributed by atoms with van der Waals surface area (Å²) in [5.74, 6) is 0.795. The standard InChI is InChI=1S/C18H20ClNO5/c1-5-8-24-18(21)16-13(19)7-6-11(2)17(16)25-15-10-12(22-3)9-14(20-15)23-4/h6-7,9-10H,5,8H2,1-4H3. The van der Waals surface area contributed by atoms with Crippen molar-refractivity contribution in [2.75, 3.05) is 20.8 Å². The largest absolute Gasteiger partial charge is 0.496 e. The van der Waals surface area contributed by atoms with E-state index in [4.69, 9.17) is 30.5 Å². The molecule has 1 heterocycles. The van der Waals surface area contributed by atoms with Gasteiger partial charge in [-0.05, 0) is 25.0 Å². The monoisotopic (exact) mass is 365 g/mol. The van der Waals surface area contributed by atoms with Gasteiger partial charge < -0.3 is 18.9 Å². The molecule has 0 radical (unpaired) electrons. The molecule has 0 atom stereocenters. The molecule has 0 aliphatic carbocycles. The summed E-state index contributed by atoms with van der Waals surface area (Å²) in [5.41, 5.74) is 0.884. The number of benzene rings is 1. The molecule has 0 N–H and O–H groups in total. The lowest BCUT2D eigenvalue weighted by atomic mass is 10.1. The summed E-state index contributed by atoms with van der Waals surface area (Å²) < 4.78 is 21.4. The molecule has 25 heavy (non-hydrogen) atoms. The zero-order valence-corrected chi connectivity index (χ0v) is 15.3. The third-order valence-corrected chi connectivity index (χ3v) is 3.66. The number of hydrogen-bond donors (Lipinski definition) is 0. The molecule has 0 fully saturated rings. The fraction of sp³-hybridized carbons (Fsp3) is 0.333. The topological polar surface area (TPSA) is 66.9 Å². The van der Waals surface area contributed by atoms with Gasteiger partial charge in [0.05, 0.1) is 25.8 Å². The Bertz CT molecular complexity index is 741. The Morgan fingerprint density at radius 2 is 1.88 bits per heavy atom. The number of rotatable bonds is 7. The van der Waals surface area contributed by atoms with E-state index in [9.17, 15) is 4.79 Å². The van der Waals surface area contributed by atoms with Crippen molar-refractivity contribution in [1.29, 1.82) is 0 Å². The van der Waals surface area contributed by atoms with Crippen LogP contribution in [0.25, 0.3) is 0 Å². The zero-order chi connectivity index (χ0) is 18.4. The number of aryl methyl sites for hydroxylation is 1. The van der Waals surface area contributed by atoms with E-state index >= 15 is 0 Å². The van der Waals surface area contributed by atoms with Crippen molar-refractivity contribution in [3.63, 3.8) is 0 Å². The molecule has 0 spiro atoms. The zero-order valence-electron chi connectivity index (χ0n) is 14.6. The molecule has 1 aromatic carbocycles. The average Bonchev–Trinajstić information content (AvgIpc) is 2.62. The Kier molecular flexibility index (Phi) is 6.47. The van der Waals surface area contributed by atoms with Crippen LogP contribution in [0.2, 0.25) is 5.02 Å². The molecule has 0 aliphatic heterocycles. The Labute approximate surface area is 151 Å². The Hall–Kier alpha value is -2.47. The van der Waals surface area contributed by atoms with Crippen LogP contribution in [0.3, 0.4) is 0 Å². The van der Waals surface area contributed by atoms with Crippen LogP contribution in [0.4, 0.5) is 0 Å². The van der Waals surface area contributed by atoms with Crippen molar-refractivity contribution >= 4 is 17.6 Å². The van der Waals surface area contributed by atoms with Crippen LogP contribution < -0.4 is 14.2 Å². The van der Waals surface area contributed by atoms with Gasteiger partial charge in [0.1, 0.15) is 17.1 Å². The number of esters is 1. The number of ether oxygens (including phenoxy) is 4. The van der Waals surface area contributed by atoms with E-state index < -0.39 is 5.97 Å². The van der Waals surface area contributed by atoms with Crippen molar-refractivity contribution < 1.29 is 23.7 Å². The minimum Gasteiger partial charge on any atom is -0.496 e. The van der Waals surface area contributed by atoms with Gasteiger partial charge in [0, 0.05) is 12.1 Å². The SMILES string of the molecule is CCCOC(=O)c1c(Cl)ccc(C)c1Oc1cc(OC)cc(OC)n1. The summed E-state index contributed by atoms with van der Waals surface area (Å²) in [6.07, 6.45) is 0.708. The lowest BCUT2D eigenvalue weighted by molar-refractivity contribution is 0.0502. The normalized spacial score (nSPS) is 10.3. The van der Waals surface area contributed by atoms with E-state index in [1.54, 1.807) is 31.2 Å². The predicted molar refractivity (Wildman–Crippen MR) is 94.2 cm³/mol. The maximum atomic E-state index is 12.4. The first kappa shape index (κ1) is 18.9. The molecule has 0 bridgehead atoms. The number of hydrogen-bond acceptors (Lipinski definition) is 6. The highest BCUT2D eigenvalue weighted by Gasteiger charge is 2.22. The van der Waals surface area contributed by atoms with Crippen LogP contribution in [-0.4, -0.2) is 31.8 Å². The summed E-state index contributed by atoms with van der Waals surface area (Å²) in [5, 5.41) is 0.247. The second kappa shape index (κ2) is 8.58. The fourth-order valence-corrected chi connectivity index (χ4v) is 2.31. The molecule has 0 unspecified atom stereocenters. The smallest absolute Gasteiger partial charge is 0.343 e. The highest BCUT2D eigenvalue weighted by Crippen LogP contribution is 2.35. The number of aromatic nitrogens is 1. The van der Waals surface area contributed by atoms with E-state index in [1.807, 2.05) is 6.92 Å². The molecule has 0 aliphatic rings. The van der Waals surface area contributed by atoms with Gasteiger partial charge in [0.25, 0.3) is 0 Å². The maximum Gasteiger partial charge on any atom is 0.343 e. The number of carbonyl (C=O) groups excluding carboxylic acids is 1. The molecule has 134 valence electrons. The second-order valence-electron chi connectivity index (χ2n) is 5.19. The molecular formula is C18H20ClNO5. The first-order valence-electron chi connectivity index (χ1n) is 7.74. The summed E-state index contributed by atoms with van der Waals surface area (Å²) in [6, 6.07) is 6.59. The van der Waals surface area contributed by atoms with Gasteiger partial charge in [-0.3, -0.25) is 0 Å². The summed E-state index contributed by atoms with van der Waals surface area (Å²) in [7, 11) is 3.01. The summed E-state index contributed by atoms with van der Waals surface area (Å²) in [4.78, 5) is 16.6. The van der Waals surface area contributed by atoms with Gasteiger partial charge in [-0.1, -0.05) is 24.6 Å². The second-order valence-corrected chi connectivity index (χ2v) is 5.60. The first-order valence-corrected chi connectivity index (χ1v) is 8.12.